The quantitative estimate of drug-likeness (QED) is 0.807. The average Bonchev–Trinajstić information content (AvgIpc) is 2.99. The minimum Gasteiger partial charge on any atom is -0.262 e. The molecule has 3 rings (SSSR count). The first-order valence-electron chi connectivity index (χ1n) is 5.33. The number of hydrogen-bond acceptors (Lipinski definition) is 2. The second kappa shape index (κ2) is 3.19. The first-order valence-corrected chi connectivity index (χ1v) is 5.33. The monoisotopic (exact) mass is 199 g/mol. The highest BCUT2D eigenvalue weighted by molar-refractivity contribution is 5.59. The largest absolute Gasteiger partial charge is 0.262 e. The molecular formula is C12H13N3. The number of aryl methyl sites for hydroxylation is 1. The van der Waals surface area contributed by atoms with Crippen LogP contribution in [-0.2, 0) is 0 Å². The minimum absolute atomic E-state index is 0.635. The van der Waals surface area contributed by atoms with Crippen LogP contribution in [0.2, 0.25) is 0 Å². The summed E-state index contributed by atoms with van der Waals surface area (Å²) < 4.78 is 0. The zero-order chi connectivity index (χ0) is 10.3. The van der Waals surface area contributed by atoms with Crippen molar-refractivity contribution in [2.45, 2.75) is 25.7 Å². The predicted molar refractivity (Wildman–Crippen MR) is 58.5 cm³/mol. The molecule has 3 heteroatoms. The summed E-state index contributed by atoms with van der Waals surface area (Å²) in [5.74, 6) is 2.51. The Labute approximate surface area is 88.6 Å². The van der Waals surface area contributed by atoms with Gasteiger partial charge in [0.05, 0.1) is 0 Å². The summed E-state index contributed by atoms with van der Waals surface area (Å²) >= 11 is 0. The third kappa shape index (κ3) is 1.54. The maximum Gasteiger partial charge on any atom is 0.181 e. The molecule has 0 bridgehead atoms. The molecule has 1 heterocycles. The number of aromatic amines is 1. The molecule has 1 aliphatic rings. The Morgan fingerprint density at radius 2 is 2.07 bits per heavy atom. The number of hydrogen-bond donors (Lipinski definition) is 1. The molecule has 1 saturated carbocycles. The highest BCUT2D eigenvalue weighted by Crippen LogP contribution is 2.38. The second-order valence-corrected chi connectivity index (χ2v) is 4.13. The summed E-state index contributed by atoms with van der Waals surface area (Å²) in [6, 6.07) is 8.21. The van der Waals surface area contributed by atoms with Gasteiger partial charge in [0.25, 0.3) is 0 Å². The molecule has 0 aliphatic heterocycles. The maximum absolute atomic E-state index is 4.54. The van der Waals surface area contributed by atoms with Gasteiger partial charge in [-0.15, -0.1) is 0 Å². The van der Waals surface area contributed by atoms with E-state index in [1.165, 1.54) is 18.4 Å². The molecule has 1 aliphatic carbocycles. The molecule has 1 aromatic heterocycles. The van der Waals surface area contributed by atoms with Crippen molar-refractivity contribution in [2.75, 3.05) is 0 Å². The Morgan fingerprint density at radius 3 is 2.80 bits per heavy atom. The van der Waals surface area contributed by atoms with E-state index in [2.05, 4.69) is 34.2 Å². The normalized spacial score (nSPS) is 15.5. The zero-order valence-corrected chi connectivity index (χ0v) is 8.70. The van der Waals surface area contributed by atoms with Crippen molar-refractivity contribution in [3.05, 3.63) is 35.7 Å². The standard InChI is InChI=1S/C12H13N3/c1-8-4-2-3-5-10(8)12-13-11(14-15-12)9-6-7-9/h2-5,9H,6-7H2,1H3,(H,13,14,15). The van der Waals surface area contributed by atoms with Gasteiger partial charge in [-0.05, 0) is 25.3 Å². The summed E-state index contributed by atoms with van der Waals surface area (Å²) in [6.45, 7) is 2.09. The van der Waals surface area contributed by atoms with Gasteiger partial charge in [0.15, 0.2) is 5.82 Å². The highest BCUT2D eigenvalue weighted by atomic mass is 15.2. The molecule has 3 nitrogen and oxygen atoms in total. The van der Waals surface area contributed by atoms with Crippen LogP contribution in [0.1, 0.15) is 30.1 Å². The topological polar surface area (TPSA) is 41.6 Å². The fourth-order valence-corrected chi connectivity index (χ4v) is 1.76. The van der Waals surface area contributed by atoms with E-state index in [1.807, 2.05) is 12.1 Å². The van der Waals surface area contributed by atoms with E-state index in [1.54, 1.807) is 0 Å². The van der Waals surface area contributed by atoms with E-state index in [0.717, 1.165) is 17.2 Å². The smallest absolute Gasteiger partial charge is 0.181 e. The third-order valence-electron chi connectivity index (χ3n) is 2.85. The summed E-state index contributed by atoms with van der Waals surface area (Å²) in [7, 11) is 0. The van der Waals surface area contributed by atoms with E-state index in [-0.39, 0.29) is 0 Å². The van der Waals surface area contributed by atoms with Crippen molar-refractivity contribution in [1.82, 2.24) is 15.2 Å². The van der Waals surface area contributed by atoms with Gasteiger partial charge in [-0.2, -0.15) is 5.10 Å². The first-order chi connectivity index (χ1) is 7.34. The predicted octanol–water partition coefficient (Wildman–Crippen LogP) is 2.66. The van der Waals surface area contributed by atoms with Gasteiger partial charge < -0.3 is 0 Å². The Bertz CT molecular complexity index is 483. The van der Waals surface area contributed by atoms with Gasteiger partial charge >= 0.3 is 0 Å². The first kappa shape index (κ1) is 8.65. The Kier molecular flexibility index (Phi) is 1.84. The van der Waals surface area contributed by atoms with Crippen LogP contribution in [0.5, 0.6) is 0 Å². The van der Waals surface area contributed by atoms with Gasteiger partial charge in [0, 0.05) is 11.5 Å². The molecule has 15 heavy (non-hydrogen) atoms. The lowest BCUT2D eigenvalue weighted by Gasteiger charge is -1.98. The molecule has 0 saturated heterocycles. The molecule has 0 amide bonds. The molecule has 0 spiro atoms. The number of rotatable bonds is 2. The maximum atomic E-state index is 4.54. The van der Waals surface area contributed by atoms with Crippen LogP contribution >= 0.6 is 0 Å². The number of benzene rings is 1. The lowest BCUT2D eigenvalue weighted by Crippen LogP contribution is -1.85. The zero-order valence-electron chi connectivity index (χ0n) is 8.70. The molecule has 76 valence electrons. The SMILES string of the molecule is Cc1ccccc1-c1n[nH]c(C2CC2)n1. The van der Waals surface area contributed by atoms with Crippen molar-refractivity contribution in [1.29, 1.82) is 0 Å². The van der Waals surface area contributed by atoms with Crippen LogP contribution in [0.15, 0.2) is 24.3 Å². The van der Waals surface area contributed by atoms with Crippen LogP contribution in [0.3, 0.4) is 0 Å². The van der Waals surface area contributed by atoms with Gasteiger partial charge in [-0.3, -0.25) is 5.10 Å². The van der Waals surface area contributed by atoms with E-state index >= 15 is 0 Å². The minimum atomic E-state index is 0.635. The molecule has 0 radical (unpaired) electrons. The molecule has 0 unspecified atom stereocenters. The molecule has 0 atom stereocenters. The summed E-state index contributed by atoms with van der Waals surface area (Å²) in [6.07, 6.45) is 2.50. The van der Waals surface area contributed by atoms with Crippen molar-refractivity contribution in [3.63, 3.8) is 0 Å². The van der Waals surface area contributed by atoms with Gasteiger partial charge in [0.1, 0.15) is 5.82 Å². The third-order valence-corrected chi connectivity index (χ3v) is 2.85. The summed E-state index contributed by atoms with van der Waals surface area (Å²) in [5.41, 5.74) is 2.35. The van der Waals surface area contributed by atoms with Crippen LogP contribution < -0.4 is 0 Å². The van der Waals surface area contributed by atoms with Crippen molar-refractivity contribution < 1.29 is 0 Å². The Morgan fingerprint density at radius 1 is 1.27 bits per heavy atom. The van der Waals surface area contributed by atoms with E-state index in [4.69, 9.17) is 0 Å². The van der Waals surface area contributed by atoms with E-state index < -0.39 is 0 Å². The Hall–Kier alpha value is -1.64. The summed E-state index contributed by atoms with van der Waals surface area (Å²) in [5, 5.41) is 7.30. The van der Waals surface area contributed by atoms with Crippen LogP contribution in [-0.4, -0.2) is 15.2 Å². The fraction of sp³-hybridized carbons (Fsp3) is 0.333. The summed E-state index contributed by atoms with van der Waals surface area (Å²) in [4.78, 5) is 4.54. The number of aromatic nitrogens is 3. The average molecular weight is 199 g/mol. The van der Waals surface area contributed by atoms with Crippen molar-refractivity contribution in [3.8, 4) is 11.4 Å². The second-order valence-electron chi connectivity index (χ2n) is 4.13. The van der Waals surface area contributed by atoms with Gasteiger partial charge in [-0.1, -0.05) is 24.3 Å². The van der Waals surface area contributed by atoms with Crippen molar-refractivity contribution in [2.24, 2.45) is 0 Å². The lowest BCUT2D eigenvalue weighted by molar-refractivity contribution is 0.935. The molecule has 1 aromatic carbocycles. The highest BCUT2D eigenvalue weighted by Gasteiger charge is 2.27. The molecule has 1 N–H and O–H groups in total. The molecule has 2 aromatic rings. The Balaban J connectivity index is 2.01. The fourth-order valence-electron chi connectivity index (χ4n) is 1.76. The van der Waals surface area contributed by atoms with Crippen LogP contribution in [0.4, 0.5) is 0 Å². The van der Waals surface area contributed by atoms with Crippen LogP contribution in [0.25, 0.3) is 11.4 Å². The molecular weight excluding hydrogens is 186 g/mol. The van der Waals surface area contributed by atoms with Crippen LogP contribution in [0, 0.1) is 6.92 Å². The van der Waals surface area contributed by atoms with Gasteiger partial charge in [0.2, 0.25) is 0 Å². The number of H-pyrrole nitrogens is 1. The van der Waals surface area contributed by atoms with E-state index in [0.29, 0.717) is 5.92 Å². The number of nitrogens with zero attached hydrogens (tertiary/aromatic N) is 2. The molecule has 1 fully saturated rings. The lowest BCUT2D eigenvalue weighted by atomic mass is 10.1. The van der Waals surface area contributed by atoms with Crippen molar-refractivity contribution >= 4 is 0 Å². The number of nitrogens with one attached hydrogen (secondary N) is 1. The van der Waals surface area contributed by atoms with E-state index in [9.17, 15) is 0 Å². The van der Waals surface area contributed by atoms with Gasteiger partial charge in [-0.25, -0.2) is 4.98 Å².